The topological polar surface area (TPSA) is 58.6 Å². The van der Waals surface area contributed by atoms with Crippen molar-refractivity contribution in [3.8, 4) is 16.9 Å². The summed E-state index contributed by atoms with van der Waals surface area (Å²) in [4.78, 5) is 11.9. The summed E-state index contributed by atoms with van der Waals surface area (Å²) in [6.07, 6.45) is 2.85. The first kappa shape index (κ1) is 16.5. The summed E-state index contributed by atoms with van der Waals surface area (Å²) < 4.78 is 5.81. The van der Waals surface area contributed by atoms with E-state index >= 15 is 0 Å². The summed E-state index contributed by atoms with van der Waals surface area (Å²) in [6.45, 7) is 0.653. The number of amides is 1. The van der Waals surface area contributed by atoms with Gasteiger partial charge < -0.3 is 15.2 Å². The van der Waals surface area contributed by atoms with Crippen LogP contribution in [0, 0.1) is 0 Å². The van der Waals surface area contributed by atoms with Crippen LogP contribution in [0.25, 0.3) is 11.1 Å². The van der Waals surface area contributed by atoms with E-state index in [0.29, 0.717) is 13.2 Å². The normalized spacial score (nSPS) is 15.4. The van der Waals surface area contributed by atoms with E-state index < -0.39 is 5.60 Å². The van der Waals surface area contributed by atoms with Gasteiger partial charge in [-0.1, -0.05) is 48.5 Å². The molecule has 0 heterocycles. The summed E-state index contributed by atoms with van der Waals surface area (Å²) in [5.74, 6) is 0.682. The van der Waals surface area contributed by atoms with Gasteiger partial charge in [0.15, 0.2) is 0 Å². The second kappa shape index (κ2) is 7.49. The van der Waals surface area contributed by atoms with Crippen molar-refractivity contribution in [1.82, 2.24) is 5.32 Å². The van der Waals surface area contributed by atoms with Gasteiger partial charge in [0.1, 0.15) is 5.75 Å². The first-order chi connectivity index (χ1) is 11.7. The average molecular weight is 325 g/mol. The van der Waals surface area contributed by atoms with E-state index in [1.165, 1.54) is 0 Å². The highest BCUT2D eigenvalue weighted by atomic mass is 16.5. The summed E-state index contributed by atoms with van der Waals surface area (Å²) in [7, 11) is 0. The average Bonchev–Trinajstić information content (AvgIpc) is 2.59. The summed E-state index contributed by atoms with van der Waals surface area (Å²) >= 11 is 0. The molecule has 1 saturated carbocycles. The molecule has 4 heteroatoms. The zero-order chi connectivity index (χ0) is 16.8. The van der Waals surface area contributed by atoms with Crippen LogP contribution >= 0.6 is 0 Å². The number of nitrogens with one attached hydrogen (secondary N) is 1. The maximum absolute atomic E-state index is 11.9. The van der Waals surface area contributed by atoms with E-state index in [0.717, 1.165) is 36.1 Å². The zero-order valence-corrected chi connectivity index (χ0v) is 13.7. The Morgan fingerprint density at radius 1 is 1.08 bits per heavy atom. The van der Waals surface area contributed by atoms with Crippen molar-refractivity contribution in [2.45, 2.75) is 31.3 Å². The Morgan fingerprint density at radius 3 is 2.50 bits per heavy atom. The lowest BCUT2D eigenvalue weighted by atomic mass is 9.80. The van der Waals surface area contributed by atoms with Gasteiger partial charge in [0.25, 0.3) is 0 Å². The number of benzene rings is 2. The number of hydrogen-bond donors (Lipinski definition) is 2. The molecule has 0 aliphatic heterocycles. The highest BCUT2D eigenvalue weighted by molar-refractivity contribution is 5.76. The number of para-hydroxylation sites is 1. The lowest BCUT2D eigenvalue weighted by Crippen LogP contribution is -2.47. The van der Waals surface area contributed by atoms with Crippen LogP contribution < -0.4 is 10.1 Å². The predicted molar refractivity (Wildman–Crippen MR) is 93.8 cm³/mol. The van der Waals surface area contributed by atoms with Gasteiger partial charge in [0.05, 0.1) is 18.6 Å². The van der Waals surface area contributed by atoms with Crippen LogP contribution in [0.2, 0.25) is 0 Å². The van der Waals surface area contributed by atoms with Crippen molar-refractivity contribution in [3.05, 3.63) is 54.6 Å². The number of ether oxygens (including phenoxy) is 1. The van der Waals surface area contributed by atoms with Crippen LogP contribution in [0.3, 0.4) is 0 Å². The van der Waals surface area contributed by atoms with Gasteiger partial charge in [0, 0.05) is 12.1 Å². The smallest absolute Gasteiger partial charge is 0.223 e. The third kappa shape index (κ3) is 4.15. The Hall–Kier alpha value is -2.33. The van der Waals surface area contributed by atoms with E-state index in [-0.39, 0.29) is 12.3 Å². The Morgan fingerprint density at radius 2 is 1.79 bits per heavy atom. The Bertz CT molecular complexity index is 680. The van der Waals surface area contributed by atoms with Gasteiger partial charge in [-0.2, -0.15) is 0 Å². The lowest BCUT2D eigenvalue weighted by molar-refractivity contribution is -0.124. The molecule has 0 radical (unpaired) electrons. The van der Waals surface area contributed by atoms with Crippen LogP contribution in [0.15, 0.2) is 54.6 Å². The molecule has 4 nitrogen and oxygen atoms in total. The van der Waals surface area contributed by atoms with Gasteiger partial charge >= 0.3 is 0 Å². The fourth-order valence-corrected chi connectivity index (χ4v) is 2.82. The minimum Gasteiger partial charge on any atom is -0.492 e. The second-order valence-corrected chi connectivity index (χ2v) is 6.32. The van der Waals surface area contributed by atoms with E-state index in [1.807, 2.05) is 54.6 Å². The van der Waals surface area contributed by atoms with E-state index in [1.54, 1.807) is 0 Å². The molecule has 0 saturated heterocycles. The number of rotatable bonds is 7. The molecule has 0 bridgehead atoms. The molecule has 2 aromatic rings. The summed E-state index contributed by atoms with van der Waals surface area (Å²) in [5, 5.41) is 12.8. The van der Waals surface area contributed by atoms with Crippen molar-refractivity contribution < 1.29 is 14.6 Å². The van der Waals surface area contributed by atoms with Crippen LogP contribution in [0.5, 0.6) is 5.75 Å². The van der Waals surface area contributed by atoms with Crippen LogP contribution in [0.4, 0.5) is 0 Å². The molecule has 1 aliphatic carbocycles. The van der Waals surface area contributed by atoms with Crippen LogP contribution in [-0.4, -0.2) is 29.8 Å². The van der Waals surface area contributed by atoms with Gasteiger partial charge in [-0.15, -0.1) is 0 Å². The standard InChI is InChI=1S/C20H23NO3/c22-19(21-15-20(23)12-6-13-20)11-14-24-18-10-5-4-9-17(18)16-7-2-1-3-8-16/h1-5,7-10,23H,6,11-15H2,(H,21,22). The van der Waals surface area contributed by atoms with Gasteiger partial charge in [-0.05, 0) is 30.9 Å². The minimum absolute atomic E-state index is 0.0903. The van der Waals surface area contributed by atoms with Crippen molar-refractivity contribution in [1.29, 1.82) is 0 Å². The largest absolute Gasteiger partial charge is 0.492 e. The van der Waals surface area contributed by atoms with Crippen LogP contribution in [-0.2, 0) is 4.79 Å². The van der Waals surface area contributed by atoms with Crippen LogP contribution in [0.1, 0.15) is 25.7 Å². The first-order valence-corrected chi connectivity index (χ1v) is 8.43. The van der Waals surface area contributed by atoms with Gasteiger partial charge in [-0.3, -0.25) is 4.79 Å². The molecular weight excluding hydrogens is 302 g/mol. The fraction of sp³-hybridized carbons (Fsp3) is 0.350. The molecular formula is C20H23NO3. The fourth-order valence-electron chi connectivity index (χ4n) is 2.82. The maximum atomic E-state index is 11.9. The Kier molecular flexibility index (Phi) is 5.16. The molecule has 24 heavy (non-hydrogen) atoms. The second-order valence-electron chi connectivity index (χ2n) is 6.32. The molecule has 0 atom stereocenters. The number of carbonyl (C=O) groups is 1. The molecule has 0 aromatic heterocycles. The predicted octanol–water partition coefficient (Wildman–Crippen LogP) is 3.15. The van der Waals surface area contributed by atoms with Crippen molar-refractivity contribution in [2.24, 2.45) is 0 Å². The molecule has 126 valence electrons. The number of hydrogen-bond acceptors (Lipinski definition) is 3. The summed E-state index contributed by atoms with van der Waals surface area (Å²) in [5.41, 5.74) is 1.42. The van der Waals surface area contributed by atoms with E-state index in [9.17, 15) is 9.90 Å². The molecule has 3 rings (SSSR count). The highest BCUT2D eigenvalue weighted by Crippen LogP contribution is 2.31. The molecule has 1 amide bonds. The zero-order valence-electron chi connectivity index (χ0n) is 13.7. The number of carbonyl (C=O) groups excluding carboxylic acids is 1. The van der Waals surface area contributed by atoms with Crippen molar-refractivity contribution in [2.75, 3.05) is 13.2 Å². The minimum atomic E-state index is -0.684. The maximum Gasteiger partial charge on any atom is 0.223 e. The molecule has 0 spiro atoms. The molecule has 2 aromatic carbocycles. The molecule has 2 N–H and O–H groups in total. The highest BCUT2D eigenvalue weighted by Gasteiger charge is 2.34. The molecule has 1 aliphatic rings. The quantitative estimate of drug-likeness (QED) is 0.822. The SMILES string of the molecule is O=C(CCOc1ccccc1-c1ccccc1)NCC1(O)CCC1. The van der Waals surface area contributed by atoms with E-state index in [2.05, 4.69) is 5.32 Å². The van der Waals surface area contributed by atoms with E-state index in [4.69, 9.17) is 4.74 Å². The number of aliphatic hydroxyl groups is 1. The third-order valence-corrected chi connectivity index (χ3v) is 4.46. The molecule has 1 fully saturated rings. The monoisotopic (exact) mass is 325 g/mol. The Balaban J connectivity index is 1.51. The lowest BCUT2D eigenvalue weighted by Gasteiger charge is -2.36. The Labute approximate surface area is 142 Å². The van der Waals surface area contributed by atoms with Gasteiger partial charge in [0.2, 0.25) is 5.91 Å². The molecule has 0 unspecified atom stereocenters. The first-order valence-electron chi connectivity index (χ1n) is 8.43. The third-order valence-electron chi connectivity index (χ3n) is 4.46. The van der Waals surface area contributed by atoms with Gasteiger partial charge in [-0.25, -0.2) is 0 Å². The van der Waals surface area contributed by atoms with Crippen molar-refractivity contribution >= 4 is 5.91 Å². The van der Waals surface area contributed by atoms with Crippen molar-refractivity contribution in [3.63, 3.8) is 0 Å². The summed E-state index contributed by atoms with van der Waals surface area (Å²) in [6, 6.07) is 17.9.